The number of aromatic carboxylic acids is 1. The van der Waals surface area contributed by atoms with E-state index in [1.54, 1.807) is 6.07 Å². The molecular formula is C10H9NO3S2. The SMILES string of the molecule is Cc1cc(CSc2csc(C(=O)O)c2)on1. The van der Waals surface area contributed by atoms with Crippen LogP contribution in [0.15, 0.2) is 26.9 Å². The molecule has 0 aromatic carbocycles. The summed E-state index contributed by atoms with van der Waals surface area (Å²) >= 11 is 2.77. The van der Waals surface area contributed by atoms with E-state index < -0.39 is 5.97 Å². The number of aromatic nitrogens is 1. The van der Waals surface area contributed by atoms with Crippen LogP contribution in [-0.2, 0) is 5.75 Å². The number of carboxylic acid groups (broad SMARTS) is 1. The monoisotopic (exact) mass is 255 g/mol. The summed E-state index contributed by atoms with van der Waals surface area (Å²) in [6.07, 6.45) is 0. The van der Waals surface area contributed by atoms with Gasteiger partial charge in [0.15, 0.2) is 0 Å². The molecule has 0 saturated heterocycles. The van der Waals surface area contributed by atoms with Gasteiger partial charge in [0.25, 0.3) is 0 Å². The van der Waals surface area contributed by atoms with Crippen LogP contribution in [0.1, 0.15) is 21.1 Å². The van der Waals surface area contributed by atoms with Crippen molar-refractivity contribution in [3.05, 3.63) is 33.8 Å². The normalized spacial score (nSPS) is 10.6. The fourth-order valence-corrected chi connectivity index (χ4v) is 2.89. The van der Waals surface area contributed by atoms with Crippen molar-refractivity contribution in [3.63, 3.8) is 0 Å². The van der Waals surface area contributed by atoms with E-state index in [-0.39, 0.29) is 0 Å². The van der Waals surface area contributed by atoms with E-state index in [0.29, 0.717) is 10.6 Å². The van der Waals surface area contributed by atoms with Gasteiger partial charge in [0.05, 0.1) is 11.4 Å². The summed E-state index contributed by atoms with van der Waals surface area (Å²) < 4.78 is 5.06. The third-order valence-electron chi connectivity index (χ3n) is 1.84. The molecule has 0 spiro atoms. The Bertz CT molecular complexity index is 504. The lowest BCUT2D eigenvalue weighted by Gasteiger charge is -1.92. The van der Waals surface area contributed by atoms with Crippen LogP contribution < -0.4 is 0 Å². The lowest BCUT2D eigenvalue weighted by atomic mass is 10.4. The van der Waals surface area contributed by atoms with Gasteiger partial charge in [-0.1, -0.05) is 5.16 Å². The average Bonchev–Trinajstić information content (AvgIpc) is 2.83. The van der Waals surface area contributed by atoms with Gasteiger partial charge in [-0.3, -0.25) is 0 Å². The average molecular weight is 255 g/mol. The number of rotatable bonds is 4. The van der Waals surface area contributed by atoms with Crippen molar-refractivity contribution in [2.24, 2.45) is 0 Å². The van der Waals surface area contributed by atoms with Gasteiger partial charge in [0.1, 0.15) is 10.6 Å². The number of nitrogens with zero attached hydrogens (tertiary/aromatic N) is 1. The van der Waals surface area contributed by atoms with E-state index in [9.17, 15) is 4.79 Å². The molecule has 2 heterocycles. The number of carboxylic acids is 1. The third-order valence-corrected chi connectivity index (χ3v) is 3.91. The molecule has 16 heavy (non-hydrogen) atoms. The highest BCUT2D eigenvalue weighted by atomic mass is 32.2. The molecule has 0 amide bonds. The molecule has 0 atom stereocenters. The van der Waals surface area contributed by atoms with Crippen molar-refractivity contribution >= 4 is 29.1 Å². The van der Waals surface area contributed by atoms with Crippen molar-refractivity contribution in [3.8, 4) is 0 Å². The van der Waals surface area contributed by atoms with Gasteiger partial charge in [-0.05, 0) is 13.0 Å². The second kappa shape index (κ2) is 4.71. The van der Waals surface area contributed by atoms with Crippen molar-refractivity contribution in [1.29, 1.82) is 0 Å². The van der Waals surface area contributed by atoms with Crippen molar-refractivity contribution in [2.45, 2.75) is 17.6 Å². The van der Waals surface area contributed by atoms with Gasteiger partial charge < -0.3 is 9.63 Å². The molecule has 0 bridgehead atoms. The topological polar surface area (TPSA) is 63.3 Å². The minimum Gasteiger partial charge on any atom is -0.477 e. The van der Waals surface area contributed by atoms with Crippen molar-refractivity contribution < 1.29 is 14.4 Å². The Labute approximate surface area is 100 Å². The molecule has 0 unspecified atom stereocenters. The smallest absolute Gasteiger partial charge is 0.345 e. The Hall–Kier alpha value is -1.27. The summed E-state index contributed by atoms with van der Waals surface area (Å²) in [5.41, 5.74) is 0.854. The van der Waals surface area contributed by atoms with Crippen LogP contribution in [0.4, 0.5) is 0 Å². The van der Waals surface area contributed by atoms with Gasteiger partial charge in [0, 0.05) is 16.3 Å². The lowest BCUT2D eigenvalue weighted by Crippen LogP contribution is -1.89. The Morgan fingerprint density at radius 3 is 3.00 bits per heavy atom. The van der Waals surface area contributed by atoms with E-state index in [0.717, 1.165) is 16.3 Å². The van der Waals surface area contributed by atoms with Crippen LogP contribution in [-0.4, -0.2) is 16.2 Å². The second-order valence-electron chi connectivity index (χ2n) is 3.18. The van der Waals surface area contributed by atoms with Crippen molar-refractivity contribution in [1.82, 2.24) is 5.16 Å². The molecule has 2 aromatic rings. The maximum absolute atomic E-state index is 10.7. The minimum absolute atomic E-state index is 0.358. The number of thiophene rings is 1. The first-order valence-electron chi connectivity index (χ1n) is 4.52. The zero-order chi connectivity index (χ0) is 11.5. The van der Waals surface area contributed by atoms with Gasteiger partial charge in [-0.25, -0.2) is 4.79 Å². The summed E-state index contributed by atoms with van der Waals surface area (Å²) in [6.45, 7) is 1.87. The first-order chi connectivity index (χ1) is 7.65. The predicted octanol–water partition coefficient (Wildman–Crippen LogP) is 3.04. The Kier molecular flexibility index (Phi) is 3.31. The highest BCUT2D eigenvalue weighted by Crippen LogP contribution is 2.27. The molecule has 2 aromatic heterocycles. The summed E-state index contributed by atoms with van der Waals surface area (Å²) in [4.78, 5) is 12.0. The summed E-state index contributed by atoms with van der Waals surface area (Å²) in [6, 6.07) is 3.54. The van der Waals surface area contributed by atoms with Gasteiger partial charge >= 0.3 is 5.97 Å². The third kappa shape index (κ3) is 2.65. The van der Waals surface area contributed by atoms with Gasteiger partial charge in [-0.2, -0.15) is 0 Å². The largest absolute Gasteiger partial charge is 0.477 e. The van der Waals surface area contributed by atoms with Crippen LogP contribution in [0.2, 0.25) is 0 Å². The zero-order valence-electron chi connectivity index (χ0n) is 8.47. The Morgan fingerprint density at radius 2 is 2.44 bits per heavy atom. The standard InChI is InChI=1S/C10H9NO3S2/c1-6-2-7(14-11-6)4-15-8-3-9(10(12)13)16-5-8/h2-3,5H,4H2,1H3,(H,12,13). The molecular weight excluding hydrogens is 246 g/mol. The molecule has 0 radical (unpaired) electrons. The Balaban J connectivity index is 1.97. The highest BCUT2D eigenvalue weighted by molar-refractivity contribution is 7.98. The number of carbonyl (C=O) groups is 1. The highest BCUT2D eigenvalue weighted by Gasteiger charge is 2.08. The Morgan fingerprint density at radius 1 is 1.62 bits per heavy atom. The van der Waals surface area contributed by atoms with Crippen molar-refractivity contribution in [2.75, 3.05) is 0 Å². The van der Waals surface area contributed by atoms with E-state index in [4.69, 9.17) is 9.63 Å². The van der Waals surface area contributed by atoms with E-state index >= 15 is 0 Å². The molecule has 0 saturated carbocycles. The van der Waals surface area contributed by atoms with E-state index in [2.05, 4.69) is 5.16 Å². The summed E-state index contributed by atoms with van der Waals surface area (Å²) in [7, 11) is 0. The van der Waals surface area contributed by atoms with Crippen LogP contribution >= 0.6 is 23.1 Å². The number of hydrogen-bond donors (Lipinski definition) is 1. The van der Waals surface area contributed by atoms with Crippen LogP contribution in [0.5, 0.6) is 0 Å². The van der Waals surface area contributed by atoms with Crippen LogP contribution in [0.25, 0.3) is 0 Å². The minimum atomic E-state index is -0.882. The van der Waals surface area contributed by atoms with Gasteiger partial charge in [-0.15, -0.1) is 23.1 Å². The summed E-state index contributed by atoms with van der Waals surface area (Å²) in [5, 5.41) is 14.4. The molecule has 1 N–H and O–H groups in total. The first-order valence-corrected chi connectivity index (χ1v) is 6.38. The number of thioether (sulfide) groups is 1. The zero-order valence-corrected chi connectivity index (χ0v) is 10.1. The fraction of sp³-hybridized carbons (Fsp3) is 0.200. The van der Waals surface area contributed by atoms with E-state index in [1.807, 2.05) is 18.4 Å². The van der Waals surface area contributed by atoms with Crippen LogP contribution in [0.3, 0.4) is 0 Å². The number of hydrogen-bond acceptors (Lipinski definition) is 5. The predicted molar refractivity (Wildman–Crippen MR) is 62.1 cm³/mol. The van der Waals surface area contributed by atoms with E-state index in [1.165, 1.54) is 23.1 Å². The molecule has 0 aliphatic heterocycles. The molecule has 2 rings (SSSR count). The molecule has 84 valence electrons. The fourth-order valence-electron chi connectivity index (χ4n) is 1.15. The van der Waals surface area contributed by atoms with Gasteiger partial charge in [0.2, 0.25) is 0 Å². The molecule has 0 aliphatic carbocycles. The molecule has 4 nitrogen and oxygen atoms in total. The summed E-state index contributed by atoms with van der Waals surface area (Å²) in [5.74, 6) is 0.578. The maximum Gasteiger partial charge on any atom is 0.345 e. The quantitative estimate of drug-likeness (QED) is 0.851. The molecule has 6 heteroatoms. The maximum atomic E-state index is 10.7. The lowest BCUT2D eigenvalue weighted by molar-refractivity contribution is 0.0702. The molecule has 0 fully saturated rings. The first kappa shape index (κ1) is 11.2. The van der Waals surface area contributed by atoms with Crippen LogP contribution in [0, 0.1) is 6.92 Å². The second-order valence-corrected chi connectivity index (χ2v) is 5.14. The number of aryl methyl sites for hydroxylation is 1. The molecule has 0 aliphatic rings.